The molecule has 2 aromatic carbocycles. The van der Waals surface area contributed by atoms with Crippen LogP contribution in [0.3, 0.4) is 0 Å². The molecule has 0 radical (unpaired) electrons. The van der Waals surface area contributed by atoms with Gasteiger partial charge in [-0.25, -0.2) is 4.79 Å². The molecule has 5 nitrogen and oxygen atoms in total. The lowest BCUT2D eigenvalue weighted by molar-refractivity contribution is -0.122. The zero-order valence-electron chi connectivity index (χ0n) is 13.8. The van der Waals surface area contributed by atoms with E-state index in [-0.39, 0.29) is 5.91 Å². The highest BCUT2D eigenvalue weighted by molar-refractivity contribution is 5.97. The number of hydrogen-bond donors (Lipinski definition) is 3. The first kappa shape index (κ1) is 17.7. The number of urea groups is 1. The third-order valence-electron chi connectivity index (χ3n) is 3.57. The molecular weight excluding hydrogens is 302 g/mol. The summed E-state index contributed by atoms with van der Waals surface area (Å²) in [5, 5.41) is 8.18. The molecule has 1 atom stereocenters. The van der Waals surface area contributed by atoms with Crippen molar-refractivity contribution in [2.75, 3.05) is 13.1 Å². The predicted molar refractivity (Wildman–Crippen MR) is 94.5 cm³/mol. The molecule has 2 aromatic rings. The van der Waals surface area contributed by atoms with Gasteiger partial charge in [-0.1, -0.05) is 60.7 Å². The number of nitrogens with one attached hydrogen (secondary N) is 3. The molecule has 0 saturated heterocycles. The predicted octanol–water partition coefficient (Wildman–Crippen LogP) is 2.41. The number of rotatable bonds is 7. The molecule has 24 heavy (non-hydrogen) atoms. The molecule has 0 heterocycles. The maximum atomic E-state index is 12.4. The van der Waals surface area contributed by atoms with Crippen molar-refractivity contribution in [1.82, 2.24) is 16.0 Å². The normalized spacial score (nSPS) is 11.5. The fourth-order valence-corrected chi connectivity index (χ4v) is 2.40. The Morgan fingerprint density at radius 3 is 2.21 bits per heavy atom. The van der Waals surface area contributed by atoms with Gasteiger partial charge >= 0.3 is 6.03 Å². The van der Waals surface area contributed by atoms with Crippen molar-refractivity contribution in [1.29, 1.82) is 0 Å². The smallest absolute Gasteiger partial charge is 0.321 e. The molecule has 3 N–H and O–H groups in total. The SMILES string of the molecule is CCNC(=O)NC(=O)[C@@H](NCCc1ccccc1)c1ccccc1. The van der Waals surface area contributed by atoms with Crippen LogP contribution in [0.2, 0.25) is 0 Å². The quantitative estimate of drug-likeness (QED) is 0.732. The molecule has 0 bridgehead atoms. The highest BCUT2D eigenvalue weighted by Gasteiger charge is 2.21. The number of imide groups is 1. The Morgan fingerprint density at radius 2 is 1.58 bits per heavy atom. The summed E-state index contributed by atoms with van der Waals surface area (Å²) in [7, 11) is 0. The second-order valence-electron chi connectivity index (χ2n) is 5.38. The standard InChI is InChI=1S/C19H23N3O2/c1-2-20-19(24)22-18(23)17(16-11-7-4-8-12-16)21-14-13-15-9-5-3-6-10-15/h3-12,17,21H,2,13-14H2,1H3,(H2,20,22,23,24)/t17-/m0/s1. The second kappa shape index (κ2) is 9.47. The van der Waals surface area contributed by atoms with E-state index in [1.54, 1.807) is 6.92 Å². The van der Waals surface area contributed by atoms with Gasteiger partial charge in [0.1, 0.15) is 6.04 Å². The fraction of sp³-hybridized carbons (Fsp3) is 0.263. The van der Waals surface area contributed by atoms with Crippen LogP contribution in [-0.2, 0) is 11.2 Å². The monoisotopic (exact) mass is 325 g/mol. The van der Waals surface area contributed by atoms with E-state index in [1.807, 2.05) is 60.7 Å². The van der Waals surface area contributed by atoms with Gasteiger partial charge in [0.05, 0.1) is 0 Å². The first-order valence-electron chi connectivity index (χ1n) is 8.11. The maximum absolute atomic E-state index is 12.4. The lowest BCUT2D eigenvalue weighted by Gasteiger charge is -2.18. The van der Waals surface area contributed by atoms with Crippen LogP contribution in [0.15, 0.2) is 60.7 Å². The second-order valence-corrected chi connectivity index (χ2v) is 5.38. The summed E-state index contributed by atoms with van der Waals surface area (Å²) in [4.78, 5) is 24.1. The number of hydrogen-bond acceptors (Lipinski definition) is 3. The molecule has 0 aromatic heterocycles. The Morgan fingerprint density at radius 1 is 0.958 bits per heavy atom. The van der Waals surface area contributed by atoms with Gasteiger partial charge in [0.2, 0.25) is 5.91 Å². The molecule has 0 unspecified atom stereocenters. The van der Waals surface area contributed by atoms with Crippen LogP contribution in [0.1, 0.15) is 24.1 Å². The van der Waals surface area contributed by atoms with Crippen molar-refractivity contribution in [2.45, 2.75) is 19.4 Å². The Balaban J connectivity index is 2.00. The lowest BCUT2D eigenvalue weighted by atomic mass is 10.1. The van der Waals surface area contributed by atoms with Gasteiger partial charge in [-0.2, -0.15) is 0 Å². The van der Waals surface area contributed by atoms with Gasteiger partial charge in [-0.3, -0.25) is 10.1 Å². The molecule has 0 aliphatic heterocycles. The molecule has 0 spiro atoms. The average Bonchev–Trinajstić information content (AvgIpc) is 2.60. The van der Waals surface area contributed by atoms with Crippen LogP contribution in [0.4, 0.5) is 4.79 Å². The minimum absolute atomic E-state index is 0.361. The van der Waals surface area contributed by atoms with Gasteiger partial charge < -0.3 is 10.6 Å². The molecular formula is C19H23N3O2. The van der Waals surface area contributed by atoms with Crippen LogP contribution in [0.5, 0.6) is 0 Å². The maximum Gasteiger partial charge on any atom is 0.321 e. The number of carbonyl (C=O) groups is 2. The van der Waals surface area contributed by atoms with Gasteiger partial charge in [0.25, 0.3) is 0 Å². The van der Waals surface area contributed by atoms with Gasteiger partial charge in [0.15, 0.2) is 0 Å². The molecule has 126 valence electrons. The summed E-state index contributed by atoms with van der Waals surface area (Å²) in [6, 6.07) is 18.4. The zero-order valence-corrected chi connectivity index (χ0v) is 13.8. The fourth-order valence-electron chi connectivity index (χ4n) is 2.40. The van der Waals surface area contributed by atoms with E-state index < -0.39 is 12.1 Å². The van der Waals surface area contributed by atoms with E-state index in [2.05, 4.69) is 16.0 Å². The molecule has 0 saturated carbocycles. The Bertz CT molecular complexity index is 644. The summed E-state index contributed by atoms with van der Waals surface area (Å²) in [5.74, 6) is -0.361. The third kappa shape index (κ3) is 5.52. The van der Waals surface area contributed by atoms with E-state index in [1.165, 1.54) is 5.56 Å². The minimum Gasteiger partial charge on any atom is -0.338 e. The molecule has 5 heteroatoms. The number of benzene rings is 2. The van der Waals surface area contributed by atoms with Crippen LogP contribution in [0, 0.1) is 0 Å². The van der Waals surface area contributed by atoms with E-state index >= 15 is 0 Å². The number of carbonyl (C=O) groups excluding carboxylic acids is 2. The van der Waals surface area contributed by atoms with Crippen molar-refractivity contribution in [3.63, 3.8) is 0 Å². The van der Waals surface area contributed by atoms with Crippen molar-refractivity contribution in [2.24, 2.45) is 0 Å². The first-order chi connectivity index (χ1) is 11.7. The Kier molecular flexibility index (Phi) is 6.98. The van der Waals surface area contributed by atoms with Crippen LogP contribution < -0.4 is 16.0 Å². The van der Waals surface area contributed by atoms with E-state index in [0.717, 1.165) is 12.0 Å². The van der Waals surface area contributed by atoms with Gasteiger partial charge in [-0.15, -0.1) is 0 Å². The summed E-state index contributed by atoms with van der Waals surface area (Å²) < 4.78 is 0. The molecule has 0 aliphatic carbocycles. The van der Waals surface area contributed by atoms with E-state index in [9.17, 15) is 9.59 Å². The van der Waals surface area contributed by atoms with Crippen LogP contribution in [0.25, 0.3) is 0 Å². The molecule has 2 rings (SSSR count). The first-order valence-corrected chi connectivity index (χ1v) is 8.11. The molecule has 0 fully saturated rings. The van der Waals surface area contributed by atoms with E-state index in [0.29, 0.717) is 13.1 Å². The Labute approximate surface area is 142 Å². The summed E-state index contributed by atoms with van der Waals surface area (Å²) in [5.41, 5.74) is 2.02. The third-order valence-corrected chi connectivity index (χ3v) is 3.57. The van der Waals surface area contributed by atoms with Gasteiger partial charge in [0, 0.05) is 13.1 Å². The largest absolute Gasteiger partial charge is 0.338 e. The van der Waals surface area contributed by atoms with Crippen LogP contribution in [-0.4, -0.2) is 25.0 Å². The van der Waals surface area contributed by atoms with Gasteiger partial charge in [-0.05, 0) is 24.5 Å². The average molecular weight is 325 g/mol. The summed E-state index contributed by atoms with van der Waals surface area (Å²) in [6.45, 7) is 2.90. The zero-order chi connectivity index (χ0) is 17.2. The minimum atomic E-state index is -0.572. The highest BCUT2D eigenvalue weighted by Crippen LogP contribution is 2.13. The van der Waals surface area contributed by atoms with Crippen molar-refractivity contribution < 1.29 is 9.59 Å². The van der Waals surface area contributed by atoms with E-state index in [4.69, 9.17) is 0 Å². The Hall–Kier alpha value is -2.66. The van der Waals surface area contributed by atoms with Crippen molar-refractivity contribution in [3.05, 3.63) is 71.8 Å². The number of amides is 3. The van der Waals surface area contributed by atoms with Crippen molar-refractivity contribution in [3.8, 4) is 0 Å². The highest BCUT2D eigenvalue weighted by atomic mass is 16.2. The topological polar surface area (TPSA) is 70.2 Å². The van der Waals surface area contributed by atoms with Crippen molar-refractivity contribution >= 4 is 11.9 Å². The van der Waals surface area contributed by atoms with Crippen LogP contribution >= 0.6 is 0 Å². The lowest BCUT2D eigenvalue weighted by Crippen LogP contribution is -2.45. The molecule has 0 aliphatic rings. The summed E-state index contributed by atoms with van der Waals surface area (Å²) in [6.07, 6.45) is 0.804. The molecule has 3 amide bonds. The summed E-state index contributed by atoms with van der Waals surface area (Å²) >= 11 is 0.